The van der Waals surface area contributed by atoms with Crippen molar-refractivity contribution in [1.82, 2.24) is 0 Å². The molecule has 2 heteroatoms. The third-order valence-corrected chi connectivity index (χ3v) is 31.0. The SMILES string of the molecule is CC1(C)c2ccccc2C2(c3ccccc3-c3cc(-c4ccccc4N(c4ccccc4)c4ccc5c(c4)-c4ccccc4C5(c4ccccc4)c4ccc(-c5ccc6c(c5)-c5ccccc5C65c6ccccc6C(C)(C)c6cc(-c7ccccc7N(c7ccccc7)c7cccc8c7-c7ccccc7C8(c7ccccc7)c7ccccc7)ccc65)cc4)ccc32)c2ccccc21. The summed E-state index contributed by atoms with van der Waals surface area (Å²) in [6, 6.07) is 185. The molecule has 0 N–H and O–H groups in total. The van der Waals surface area contributed by atoms with Crippen LogP contribution in [0.2, 0.25) is 0 Å². The van der Waals surface area contributed by atoms with Gasteiger partial charge < -0.3 is 9.80 Å². The fraction of sp³-hybridized carbons (Fsp3) is 0.0769. The average Bonchev–Trinajstić information content (AvgIpc) is 1.47. The second kappa shape index (κ2) is 29.3. The monoisotopic (exact) mass is 1680 g/mol. The molecular weight excluding hydrogens is 1590 g/mol. The van der Waals surface area contributed by atoms with E-state index in [9.17, 15) is 0 Å². The Morgan fingerprint density at radius 1 is 0.144 bits per heavy atom. The fourth-order valence-corrected chi connectivity index (χ4v) is 25.6. The first-order chi connectivity index (χ1) is 65.0. The Morgan fingerprint density at radius 3 is 0.924 bits per heavy atom. The maximum absolute atomic E-state index is 2.56. The Hall–Kier alpha value is -16.0. The van der Waals surface area contributed by atoms with Gasteiger partial charge in [-0.3, -0.25) is 0 Å². The molecule has 0 fully saturated rings. The summed E-state index contributed by atoms with van der Waals surface area (Å²) in [6.45, 7) is 9.71. The summed E-state index contributed by atoms with van der Waals surface area (Å²) in [4.78, 5) is 5.03. The first-order valence-corrected chi connectivity index (χ1v) is 46.6. The highest BCUT2D eigenvalue weighted by molar-refractivity contribution is 6.02. The minimum Gasteiger partial charge on any atom is -0.310 e. The molecule has 26 rings (SSSR count). The van der Waals surface area contributed by atoms with E-state index in [4.69, 9.17) is 0 Å². The van der Waals surface area contributed by atoms with Gasteiger partial charge in [-0.05, 0) is 245 Å². The molecule has 0 aromatic heterocycles. The highest BCUT2D eigenvalue weighted by Crippen LogP contribution is 2.68. The molecule has 2 atom stereocenters. The zero-order valence-corrected chi connectivity index (χ0v) is 74.1. The minimum absolute atomic E-state index is 0.182. The lowest BCUT2D eigenvalue weighted by Crippen LogP contribution is -2.40. The molecule has 20 aromatic carbocycles. The van der Waals surface area contributed by atoms with E-state index in [0.717, 1.165) is 50.8 Å². The maximum Gasteiger partial charge on any atom is 0.0719 e. The standard InChI is InChI=1S/C130H92N2/c1-125(2)112-59-30-33-62-115(112)129(116-63-34-31-60-113(116)125)106-56-27-22-52-99(106)103-82-87(72-78-111(103)129)96-49-24-36-66-121(96)131(93-45-16-8-17-46-93)95-76-80-109-104(84-95)100-53-20-26-55-105(100)127(109,89-39-10-5-11-40-89)92-74-69-85(70-75-92)86-71-77-110-102(81-86)98-51-21-28-57-107(98)130(110)117-64-35-32-61-114(117)126(3,4)120-83-88(73-79-118(120)130)97-50-25-37-67-122(97)132(94-47-18-9-19-48-94)123-68-38-65-119-124(123)101-54-23-29-58-108(101)128(119,90-41-12-6-13-42-90)91-43-14-7-15-44-91/h5-84H,1-4H3. The lowest BCUT2D eigenvalue weighted by molar-refractivity contribution is 0.563. The molecule has 2 nitrogen and oxygen atoms in total. The van der Waals surface area contributed by atoms with Crippen LogP contribution in [0.25, 0.3) is 77.9 Å². The van der Waals surface area contributed by atoms with Crippen LogP contribution < -0.4 is 9.80 Å². The maximum atomic E-state index is 2.56. The smallest absolute Gasteiger partial charge is 0.0719 e. The molecule has 20 aromatic rings. The zero-order chi connectivity index (χ0) is 87.8. The molecule has 132 heavy (non-hydrogen) atoms. The molecule has 622 valence electrons. The largest absolute Gasteiger partial charge is 0.310 e. The highest BCUT2D eigenvalue weighted by Gasteiger charge is 2.57. The molecule has 0 saturated carbocycles. The van der Waals surface area contributed by atoms with E-state index in [-0.39, 0.29) is 5.41 Å². The van der Waals surface area contributed by atoms with Crippen LogP contribution in [0.5, 0.6) is 0 Å². The van der Waals surface area contributed by atoms with Gasteiger partial charge in [0.25, 0.3) is 0 Å². The lowest BCUT2D eigenvalue weighted by Gasteiger charge is -2.47. The van der Waals surface area contributed by atoms with Gasteiger partial charge in [0.1, 0.15) is 0 Å². The summed E-state index contributed by atoms with van der Waals surface area (Å²) in [5.74, 6) is 0. The molecule has 6 aliphatic carbocycles. The van der Waals surface area contributed by atoms with Crippen LogP contribution in [0.3, 0.4) is 0 Å². The van der Waals surface area contributed by atoms with E-state index in [2.05, 4.69) is 523 Å². The van der Waals surface area contributed by atoms with Gasteiger partial charge in [0.2, 0.25) is 0 Å². The summed E-state index contributed by atoms with van der Waals surface area (Å²) in [7, 11) is 0. The Labute approximate surface area is 773 Å². The quantitative estimate of drug-likeness (QED) is 0.114. The van der Waals surface area contributed by atoms with Crippen molar-refractivity contribution in [3.05, 3.63) is 597 Å². The number of nitrogens with zero attached hydrogens (tertiary/aromatic N) is 2. The summed E-state index contributed by atoms with van der Waals surface area (Å²) in [6.07, 6.45) is 0. The molecule has 0 bridgehead atoms. The number of benzene rings is 20. The van der Waals surface area contributed by atoms with Crippen molar-refractivity contribution in [2.45, 2.75) is 60.2 Å². The number of hydrogen-bond donors (Lipinski definition) is 0. The van der Waals surface area contributed by atoms with Crippen LogP contribution >= 0.6 is 0 Å². The fourth-order valence-electron chi connectivity index (χ4n) is 25.6. The van der Waals surface area contributed by atoms with Gasteiger partial charge in [-0.2, -0.15) is 0 Å². The number of anilines is 6. The predicted octanol–water partition coefficient (Wildman–Crippen LogP) is 32.4. The first-order valence-electron chi connectivity index (χ1n) is 46.6. The van der Waals surface area contributed by atoms with Crippen molar-refractivity contribution < 1.29 is 0 Å². The summed E-state index contributed by atoms with van der Waals surface area (Å²) in [5, 5.41) is 0. The second-order valence-electron chi connectivity index (χ2n) is 37.8. The van der Waals surface area contributed by atoms with Crippen molar-refractivity contribution in [3.63, 3.8) is 0 Å². The van der Waals surface area contributed by atoms with Crippen molar-refractivity contribution >= 4 is 34.1 Å². The van der Waals surface area contributed by atoms with Crippen LogP contribution in [0.1, 0.15) is 139 Å². The summed E-state index contributed by atoms with van der Waals surface area (Å²) in [5.41, 5.74) is 46.7. The lowest BCUT2D eigenvalue weighted by atomic mass is 9.55. The Bertz CT molecular complexity index is 7990. The number of fused-ring (bicyclic) bond motifs is 24. The van der Waals surface area contributed by atoms with Gasteiger partial charge in [0.15, 0.2) is 0 Å². The van der Waals surface area contributed by atoms with Crippen molar-refractivity contribution in [1.29, 1.82) is 0 Å². The summed E-state index contributed by atoms with van der Waals surface area (Å²) >= 11 is 0. The molecular formula is C130H92N2. The number of rotatable bonds is 13. The van der Waals surface area contributed by atoms with Crippen LogP contribution in [-0.4, -0.2) is 0 Å². The number of hydrogen-bond acceptors (Lipinski definition) is 2. The molecule has 0 aliphatic heterocycles. The first kappa shape index (κ1) is 77.2. The van der Waals surface area contributed by atoms with Crippen molar-refractivity contribution in [2.75, 3.05) is 9.80 Å². The van der Waals surface area contributed by atoms with Gasteiger partial charge in [0, 0.05) is 44.6 Å². The van der Waals surface area contributed by atoms with E-state index >= 15 is 0 Å². The van der Waals surface area contributed by atoms with Crippen LogP contribution in [0.4, 0.5) is 34.1 Å². The highest BCUT2D eigenvalue weighted by atomic mass is 15.2. The zero-order valence-electron chi connectivity index (χ0n) is 74.1. The Balaban J connectivity index is 0.581. The Morgan fingerprint density at radius 2 is 0.432 bits per heavy atom. The van der Waals surface area contributed by atoms with E-state index in [1.165, 1.54) is 172 Å². The third-order valence-electron chi connectivity index (χ3n) is 31.0. The Kier molecular flexibility index (Phi) is 17.1. The van der Waals surface area contributed by atoms with Crippen LogP contribution in [0.15, 0.2) is 485 Å². The molecule has 0 saturated heterocycles. The minimum atomic E-state index is -0.663. The van der Waals surface area contributed by atoms with Crippen LogP contribution in [0, 0.1) is 0 Å². The molecule has 0 heterocycles. The summed E-state index contributed by atoms with van der Waals surface area (Å²) < 4.78 is 0. The normalized spacial score (nSPS) is 16.5. The molecule has 2 spiro atoms. The van der Waals surface area contributed by atoms with E-state index in [1.807, 2.05) is 0 Å². The van der Waals surface area contributed by atoms with Gasteiger partial charge in [-0.1, -0.05) is 440 Å². The van der Waals surface area contributed by atoms with E-state index in [0.29, 0.717) is 0 Å². The second-order valence-corrected chi connectivity index (χ2v) is 37.8. The van der Waals surface area contributed by atoms with E-state index in [1.54, 1.807) is 0 Å². The van der Waals surface area contributed by atoms with Crippen molar-refractivity contribution in [2.24, 2.45) is 0 Å². The van der Waals surface area contributed by atoms with Gasteiger partial charge in [0.05, 0.1) is 38.7 Å². The average molecular weight is 1680 g/mol. The van der Waals surface area contributed by atoms with Gasteiger partial charge in [-0.25, -0.2) is 0 Å². The molecule has 6 aliphatic rings. The topological polar surface area (TPSA) is 6.48 Å². The van der Waals surface area contributed by atoms with Gasteiger partial charge >= 0.3 is 0 Å². The van der Waals surface area contributed by atoms with Crippen LogP contribution in [-0.2, 0) is 32.5 Å². The third kappa shape index (κ3) is 10.6. The van der Waals surface area contributed by atoms with Gasteiger partial charge in [-0.15, -0.1) is 0 Å². The molecule has 2 unspecified atom stereocenters. The van der Waals surface area contributed by atoms with Crippen molar-refractivity contribution in [3.8, 4) is 77.9 Å². The predicted molar refractivity (Wildman–Crippen MR) is 546 cm³/mol. The molecule has 0 amide bonds. The molecule has 0 radical (unpaired) electrons. The van der Waals surface area contributed by atoms with E-state index < -0.39 is 27.1 Å². The number of para-hydroxylation sites is 4.